The molecule has 4 nitrogen and oxygen atoms in total. The van der Waals surface area contributed by atoms with E-state index in [0.717, 1.165) is 44.8 Å². The highest BCUT2D eigenvalue weighted by molar-refractivity contribution is 5.76. The molecule has 0 unspecified atom stereocenters. The van der Waals surface area contributed by atoms with Gasteiger partial charge in [-0.1, -0.05) is 23.6 Å². The zero-order valence-electron chi connectivity index (χ0n) is 21.5. The number of nitrogens with one attached hydrogen (secondary N) is 1. The molecule has 2 aromatic carbocycles. The Kier molecular flexibility index (Phi) is 8.68. The van der Waals surface area contributed by atoms with E-state index in [1.807, 2.05) is 4.90 Å². The van der Waals surface area contributed by atoms with E-state index in [2.05, 4.69) is 47.3 Å². The molecule has 2 aliphatic rings. The maximum absolute atomic E-state index is 13.3. The summed E-state index contributed by atoms with van der Waals surface area (Å²) < 4.78 is 39.9. The Morgan fingerprint density at radius 1 is 1.03 bits per heavy atom. The predicted molar refractivity (Wildman–Crippen MR) is 143 cm³/mol. The maximum Gasteiger partial charge on any atom is 0.417 e. The number of carbonyl (C=O) groups excluding carboxylic acids is 1. The number of anilines is 2. The smallest absolute Gasteiger partial charge is 0.382 e. The normalized spacial score (nSPS) is 17.5. The Bertz CT molecular complexity index is 1090. The molecule has 1 N–H and O–H groups in total. The molecular formula is C30H36F3N3O. The first-order chi connectivity index (χ1) is 17.7. The largest absolute Gasteiger partial charge is 0.417 e. The molecule has 0 bridgehead atoms. The van der Waals surface area contributed by atoms with E-state index in [-0.39, 0.29) is 17.5 Å². The number of likely N-dealkylation sites (tertiary alicyclic amines) is 1. The number of rotatable bonds is 7. The van der Waals surface area contributed by atoms with E-state index in [1.54, 1.807) is 6.07 Å². The van der Waals surface area contributed by atoms with Crippen LogP contribution in [0.4, 0.5) is 24.5 Å². The number of hydrogen-bond acceptors (Lipinski definition) is 3. The monoisotopic (exact) mass is 511 g/mol. The van der Waals surface area contributed by atoms with E-state index in [9.17, 15) is 18.0 Å². The van der Waals surface area contributed by atoms with Crippen molar-refractivity contribution in [2.75, 3.05) is 36.4 Å². The SMILES string of the molecule is C#Cc1ccc(NC2CCN(C(=O)CCCC3CCN(c4ccc(C)cc4)CC3)CC2)cc1C(F)(F)F. The molecule has 0 aromatic heterocycles. The lowest BCUT2D eigenvalue weighted by Crippen LogP contribution is -2.42. The highest BCUT2D eigenvalue weighted by atomic mass is 19.4. The Hall–Kier alpha value is -3.14. The maximum atomic E-state index is 13.3. The fourth-order valence-electron chi connectivity index (χ4n) is 5.44. The van der Waals surface area contributed by atoms with E-state index >= 15 is 0 Å². The summed E-state index contributed by atoms with van der Waals surface area (Å²) in [5, 5.41) is 3.20. The summed E-state index contributed by atoms with van der Waals surface area (Å²) >= 11 is 0. The van der Waals surface area contributed by atoms with Crippen molar-refractivity contribution in [1.29, 1.82) is 0 Å². The molecule has 198 valence electrons. The van der Waals surface area contributed by atoms with Crippen LogP contribution in [0.5, 0.6) is 0 Å². The first-order valence-electron chi connectivity index (χ1n) is 13.3. The summed E-state index contributed by atoms with van der Waals surface area (Å²) in [5.74, 6) is 2.97. The Labute approximate surface area is 218 Å². The lowest BCUT2D eigenvalue weighted by molar-refractivity contribution is -0.137. The second-order valence-corrected chi connectivity index (χ2v) is 10.4. The number of amides is 1. The van der Waals surface area contributed by atoms with Crippen molar-refractivity contribution < 1.29 is 18.0 Å². The van der Waals surface area contributed by atoms with E-state index in [4.69, 9.17) is 6.42 Å². The second-order valence-electron chi connectivity index (χ2n) is 10.4. The molecule has 4 rings (SSSR count). The summed E-state index contributed by atoms with van der Waals surface area (Å²) in [4.78, 5) is 17.1. The third-order valence-corrected chi connectivity index (χ3v) is 7.72. The molecule has 2 aromatic rings. The van der Waals surface area contributed by atoms with Crippen molar-refractivity contribution in [2.45, 2.75) is 64.1 Å². The van der Waals surface area contributed by atoms with Gasteiger partial charge in [-0.2, -0.15) is 13.2 Å². The van der Waals surface area contributed by atoms with Crippen LogP contribution in [0.1, 0.15) is 61.6 Å². The second kappa shape index (κ2) is 11.9. The third kappa shape index (κ3) is 7.21. The number of aryl methyl sites for hydroxylation is 1. The molecule has 0 radical (unpaired) electrons. The minimum Gasteiger partial charge on any atom is -0.382 e. The molecule has 2 saturated heterocycles. The molecule has 37 heavy (non-hydrogen) atoms. The fraction of sp³-hybridized carbons (Fsp3) is 0.500. The zero-order chi connectivity index (χ0) is 26.4. The van der Waals surface area contributed by atoms with Gasteiger partial charge in [0.2, 0.25) is 5.91 Å². The summed E-state index contributed by atoms with van der Waals surface area (Å²) in [6, 6.07) is 12.7. The van der Waals surface area contributed by atoms with Gasteiger partial charge in [-0.3, -0.25) is 4.79 Å². The molecule has 0 atom stereocenters. The number of hydrogen-bond donors (Lipinski definition) is 1. The first kappa shape index (κ1) is 26.9. The van der Waals surface area contributed by atoms with Crippen LogP contribution in [0.25, 0.3) is 0 Å². The van der Waals surface area contributed by atoms with E-state index in [1.165, 1.54) is 17.3 Å². The average Bonchev–Trinajstić information content (AvgIpc) is 2.89. The van der Waals surface area contributed by atoms with Crippen LogP contribution in [0.3, 0.4) is 0 Å². The van der Waals surface area contributed by atoms with Crippen molar-refractivity contribution >= 4 is 17.3 Å². The number of benzene rings is 2. The molecule has 7 heteroatoms. The lowest BCUT2D eigenvalue weighted by atomic mass is 9.91. The molecule has 0 saturated carbocycles. The zero-order valence-corrected chi connectivity index (χ0v) is 21.5. The van der Waals surface area contributed by atoms with Crippen molar-refractivity contribution in [3.05, 3.63) is 59.2 Å². The first-order valence-corrected chi connectivity index (χ1v) is 13.3. The van der Waals surface area contributed by atoms with Crippen molar-refractivity contribution in [3.63, 3.8) is 0 Å². The van der Waals surface area contributed by atoms with Crippen LogP contribution in [0, 0.1) is 25.2 Å². The van der Waals surface area contributed by atoms with E-state index < -0.39 is 11.7 Å². The van der Waals surface area contributed by atoms with Crippen LogP contribution in [0.15, 0.2) is 42.5 Å². The van der Waals surface area contributed by atoms with Gasteiger partial charge >= 0.3 is 6.18 Å². The van der Waals surface area contributed by atoms with Gasteiger partial charge in [0.25, 0.3) is 0 Å². The van der Waals surface area contributed by atoms with Crippen LogP contribution in [0.2, 0.25) is 0 Å². The topological polar surface area (TPSA) is 35.6 Å². The van der Waals surface area contributed by atoms with Gasteiger partial charge in [0, 0.05) is 55.6 Å². The van der Waals surface area contributed by atoms with Gasteiger partial charge in [-0.05, 0) is 81.7 Å². The van der Waals surface area contributed by atoms with Crippen molar-refractivity contribution in [3.8, 4) is 12.3 Å². The van der Waals surface area contributed by atoms with Gasteiger partial charge in [-0.25, -0.2) is 0 Å². The molecule has 2 heterocycles. The molecule has 2 aliphatic heterocycles. The summed E-state index contributed by atoms with van der Waals surface area (Å²) in [5.41, 5.74) is 2.02. The number of halogens is 3. The van der Waals surface area contributed by atoms with Crippen molar-refractivity contribution in [1.82, 2.24) is 4.90 Å². The number of carbonyl (C=O) groups is 1. The number of terminal acetylenes is 1. The van der Waals surface area contributed by atoms with Gasteiger partial charge in [0.1, 0.15) is 0 Å². The number of nitrogens with zero attached hydrogens (tertiary/aromatic N) is 2. The summed E-state index contributed by atoms with van der Waals surface area (Å²) in [7, 11) is 0. The number of piperidine rings is 2. The Morgan fingerprint density at radius 2 is 1.70 bits per heavy atom. The van der Waals surface area contributed by atoms with Crippen LogP contribution in [-0.4, -0.2) is 43.0 Å². The quantitative estimate of drug-likeness (QED) is 0.432. The molecular weight excluding hydrogens is 475 g/mol. The van der Waals surface area contributed by atoms with E-state index in [0.29, 0.717) is 44.0 Å². The Balaban J connectivity index is 1.16. The minimum absolute atomic E-state index is 0.0283. The summed E-state index contributed by atoms with van der Waals surface area (Å²) in [6.45, 7) is 5.49. The molecule has 2 fully saturated rings. The molecule has 0 spiro atoms. The number of alkyl halides is 3. The van der Waals surface area contributed by atoms with Crippen LogP contribution < -0.4 is 10.2 Å². The predicted octanol–water partition coefficient (Wildman–Crippen LogP) is 6.48. The minimum atomic E-state index is -4.49. The van der Waals surface area contributed by atoms with Gasteiger partial charge in [-0.15, -0.1) is 6.42 Å². The van der Waals surface area contributed by atoms with Gasteiger partial charge in [0.05, 0.1) is 5.56 Å². The van der Waals surface area contributed by atoms with Gasteiger partial charge < -0.3 is 15.1 Å². The highest BCUT2D eigenvalue weighted by Crippen LogP contribution is 2.34. The van der Waals surface area contributed by atoms with Crippen LogP contribution >= 0.6 is 0 Å². The van der Waals surface area contributed by atoms with Crippen molar-refractivity contribution in [2.24, 2.45) is 5.92 Å². The molecule has 1 amide bonds. The van der Waals surface area contributed by atoms with Crippen LogP contribution in [-0.2, 0) is 11.0 Å². The highest BCUT2D eigenvalue weighted by Gasteiger charge is 2.33. The standard InChI is InChI=1S/C30H36F3N3O/c1-3-24-9-10-26(21-28(24)30(31,32)33)34-25-15-19-36(20-16-25)29(37)6-4-5-23-13-17-35(18-14-23)27-11-7-22(2)8-12-27/h1,7-12,21,23,25,34H,4-6,13-20H2,2H3. The van der Waals surface area contributed by atoms with Gasteiger partial charge in [0.15, 0.2) is 0 Å². The third-order valence-electron chi connectivity index (χ3n) is 7.72. The lowest BCUT2D eigenvalue weighted by Gasteiger charge is -2.34. The fourth-order valence-corrected chi connectivity index (χ4v) is 5.44. The Morgan fingerprint density at radius 3 is 2.32 bits per heavy atom. The summed E-state index contributed by atoms with van der Waals surface area (Å²) in [6.07, 6.45) is 7.04. The average molecular weight is 512 g/mol. The molecule has 0 aliphatic carbocycles.